The molecular formula is C19H26N2O2. The number of fused-ring (bicyclic) bond motifs is 6. The second-order valence-corrected chi connectivity index (χ2v) is 8.38. The molecule has 3 fully saturated rings. The van der Waals surface area contributed by atoms with Crippen LogP contribution in [0.2, 0.25) is 0 Å². The molecule has 1 heterocycles. The van der Waals surface area contributed by atoms with E-state index in [0.717, 1.165) is 30.7 Å². The van der Waals surface area contributed by atoms with Crippen molar-refractivity contribution in [1.82, 2.24) is 10.9 Å². The molecule has 8 atom stereocenters. The van der Waals surface area contributed by atoms with Gasteiger partial charge in [-0.2, -0.15) is 0 Å². The van der Waals surface area contributed by atoms with Gasteiger partial charge in [-0.05, 0) is 67.6 Å². The fourth-order valence-electron chi connectivity index (χ4n) is 6.57. The van der Waals surface area contributed by atoms with Crippen LogP contribution in [-0.2, 0) is 4.79 Å². The number of carboxylic acids is 1. The summed E-state index contributed by atoms with van der Waals surface area (Å²) in [5, 5.41) is 9.42. The van der Waals surface area contributed by atoms with Gasteiger partial charge in [-0.3, -0.25) is 10.9 Å². The van der Waals surface area contributed by atoms with Crippen molar-refractivity contribution in [1.29, 1.82) is 0 Å². The molecule has 0 aromatic heterocycles. The molecule has 2 saturated carbocycles. The molecule has 23 heavy (non-hydrogen) atoms. The minimum Gasteiger partial charge on any atom is -0.478 e. The lowest BCUT2D eigenvalue weighted by molar-refractivity contribution is -0.133. The van der Waals surface area contributed by atoms with Crippen molar-refractivity contribution in [3.63, 3.8) is 0 Å². The first-order valence-corrected chi connectivity index (χ1v) is 9.32. The van der Waals surface area contributed by atoms with Gasteiger partial charge in [0.05, 0.1) is 0 Å². The van der Waals surface area contributed by atoms with Crippen molar-refractivity contribution in [3.8, 4) is 0 Å². The summed E-state index contributed by atoms with van der Waals surface area (Å²) in [7, 11) is 0. The molecule has 0 amide bonds. The maximum absolute atomic E-state index is 11.5. The van der Waals surface area contributed by atoms with E-state index in [2.05, 4.69) is 23.0 Å². The Labute approximate surface area is 137 Å². The van der Waals surface area contributed by atoms with Crippen molar-refractivity contribution in [3.05, 3.63) is 23.8 Å². The zero-order valence-electron chi connectivity index (χ0n) is 13.4. The lowest BCUT2D eigenvalue weighted by Crippen LogP contribution is -2.47. The van der Waals surface area contributed by atoms with E-state index in [1.165, 1.54) is 25.7 Å². The first-order chi connectivity index (χ1) is 11.2. The van der Waals surface area contributed by atoms with Gasteiger partial charge < -0.3 is 5.11 Å². The third-order valence-corrected chi connectivity index (χ3v) is 7.59. The summed E-state index contributed by atoms with van der Waals surface area (Å²) in [6, 6.07) is 0.680. The van der Waals surface area contributed by atoms with Crippen LogP contribution < -0.4 is 10.9 Å². The van der Waals surface area contributed by atoms with Gasteiger partial charge in [0, 0.05) is 24.1 Å². The van der Waals surface area contributed by atoms with E-state index >= 15 is 0 Å². The van der Waals surface area contributed by atoms with Crippen molar-refractivity contribution in [2.45, 2.75) is 38.1 Å². The maximum Gasteiger partial charge on any atom is 0.331 e. The van der Waals surface area contributed by atoms with E-state index in [1.54, 1.807) is 0 Å². The van der Waals surface area contributed by atoms with Crippen LogP contribution in [0.1, 0.15) is 32.1 Å². The molecule has 1 saturated heterocycles. The quantitative estimate of drug-likeness (QED) is 0.650. The van der Waals surface area contributed by atoms with Gasteiger partial charge in [0.15, 0.2) is 0 Å². The van der Waals surface area contributed by atoms with Crippen LogP contribution in [0, 0.1) is 41.4 Å². The lowest BCUT2D eigenvalue weighted by Gasteiger charge is -2.51. The Morgan fingerprint density at radius 2 is 2.00 bits per heavy atom. The first kappa shape index (κ1) is 14.2. The third-order valence-electron chi connectivity index (χ3n) is 7.59. The van der Waals surface area contributed by atoms with Crippen LogP contribution in [0.4, 0.5) is 0 Å². The van der Waals surface area contributed by atoms with Crippen LogP contribution in [0.25, 0.3) is 0 Å². The van der Waals surface area contributed by atoms with Crippen molar-refractivity contribution >= 4 is 5.97 Å². The molecule has 5 rings (SSSR count). The summed E-state index contributed by atoms with van der Waals surface area (Å²) >= 11 is 0. The fraction of sp³-hybridized carbons (Fsp3) is 0.737. The third kappa shape index (κ3) is 2.07. The molecule has 0 bridgehead atoms. The number of nitrogens with one attached hydrogen (secondary N) is 2. The number of carboxylic acid groups (broad SMARTS) is 1. The second kappa shape index (κ2) is 5.18. The van der Waals surface area contributed by atoms with E-state index in [4.69, 9.17) is 0 Å². The monoisotopic (exact) mass is 314 g/mol. The molecule has 4 nitrogen and oxygen atoms in total. The molecular weight excluding hydrogens is 288 g/mol. The van der Waals surface area contributed by atoms with Crippen LogP contribution in [0.15, 0.2) is 23.8 Å². The number of rotatable bonds is 1. The molecule has 1 aliphatic heterocycles. The summed E-state index contributed by atoms with van der Waals surface area (Å²) in [6.45, 7) is 1.12. The Bertz CT molecular complexity index is 584. The van der Waals surface area contributed by atoms with Crippen LogP contribution in [0.3, 0.4) is 0 Å². The number of hydrogen-bond acceptors (Lipinski definition) is 3. The van der Waals surface area contributed by atoms with E-state index in [1.807, 2.05) is 6.08 Å². The minimum absolute atomic E-state index is 0.177. The number of carbonyl (C=O) groups is 1. The lowest BCUT2D eigenvalue weighted by atomic mass is 9.54. The number of hydrazine groups is 1. The molecule has 0 aromatic carbocycles. The normalized spacial score (nSPS) is 50.5. The molecule has 4 aliphatic carbocycles. The number of hydrogen-bond donors (Lipinski definition) is 3. The summed E-state index contributed by atoms with van der Waals surface area (Å²) in [5.74, 6) is 3.89. The van der Waals surface area contributed by atoms with Gasteiger partial charge in [-0.15, -0.1) is 0 Å². The average molecular weight is 314 g/mol. The zero-order chi connectivity index (χ0) is 15.6. The van der Waals surface area contributed by atoms with Gasteiger partial charge in [0.2, 0.25) is 0 Å². The molecule has 8 unspecified atom stereocenters. The highest BCUT2D eigenvalue weighted by Crippen LogP contribution is 2.56. The second-order valence-electron chi connectivity index (χ2n) is 8.38. The highest BCUT2D eigenvalue weighted by molar-refractivity contribution is 5.88. The van der Waals surface area contributed by atoms with E-state index in [-0.39, 0.29) is 5.92 Å². The Balaban J connectivity index is 1.41. The van der Waals surface area contributed by atoms with Gasteiger partial charge in [0.1, 0.15) is 0 Å². The van der Waals surface area contributed by atoms with E-state index in [0.29, 0.717) is 29.4 Å². The van der Waals surface area contributed by atoms with Crippen LogP contribution >= 0.6 is 0 Å². The Hall–Kier alpha value is -1.13. The van der Waals surface area contributed by atoms with Crippen molar-refractivity contribution in [2.24, 2.45) is 41.4 Å². The van der Waals surface area contributed by atoms with Gasteiger partial charge in [0.25, 0.3) is 0 Å². The fourth-order valence-corrected chi connectivity index (χ4v) is 6.57. The highest BCUT2D eigenvalue weighted by Gasteiger charge is 2.51. The number of aliphatic carboxylic acids is 1. The standard InChI is InChI=1S/C19H26N2O2/c22-19(23)16-6-5-13-12-2-1-10-8-18-11(9-20-21-18)7-17(10)15(12)4-3-14(13)16/h3-4,6,10-15,17-18,20-21H,1-2,5,7-9H2,(H,22,23). The van der Waals surface area contributed by atoms with Crippen LogP contribution in [0.5, 0.6) is 0 Å². The van der Waals surface area contributed by atoms with Crippen LogP contribution in [-0.4, -0.2) is 23.7 Å². The Morgan fingerprint density at radius 3 is 2.87 bits per heavy atom. The average Bonchev–Trinajstić information content (AvgIpc) is 3.18. The summed E-state index contributed by atoms with van der Waals surface area (Å²) < 4.78 is 0. The highest BCUT2D eigenvalue weighted by atomic mass is 16.4. The molecule has 124 valence electrons. The topological polar surface area (TPSA) is 61.4 Å². The SMILES string of the molecule is O=C(O)C1=CCC2C1C=CC1C3CC4CNNC4CC3CCC12. The van der Waals surface area contributed by atoms with Gasteiger partial charge >= 0.3 is 5.97 Å². The maximum atomic E-state index is 11.5. The van der Waals surface area contributed by atoms with Crippen molar-refractivity contribution < 1.29 is 9.90 Å². The minimum atomic E-state index is -0.710. The Kier molecular flexibility index (Phi) is 3.21. The molecule has 0 spiro atoms. The largest absolute Gasteiger partial charge is 0.478 e. The summed E-state index contributed by atoms with van der Waals surface area (Å²) in [5.41, 5.74) is 7.49. The molecule has 3 N–H and O–H groups in total. The predicted octanol–water partition coefficient (Wildman–Crippen LogP) is 2.35. The van der Waals surface area contributed by atoms with Gasteiger partial charge in [-0.1, -0.05) is 18.2 Å². The first-order valence-electron chi connectivity index (χ1n) is 9.32. The van der Waals surface area contributed by atoms with Gasteiger partial charge in [-0.25, -0.2) is 4.79 Å². The molecule has 0 radical (unpaired) electrons. The predicted molar refractivity (Wildman–Crippen MR) is 87.3 cm³/mol. The van der Waals surface area contributed by atoms with E-state index < -0.39 is 5.97 Å². The zero-order valence-corrected chi connectivity index (χ0v) is 13.4. The van der Waals surface area contributed by atoms with Crippen molar-refractivity contribution in [2.75, 3.05) is 6.54 Å². The summed E-state index contributed by atoms with van der Waals surface area (Å²) in [6.07, 6.45) is 12.9. The molecule has 4 heteroatoms. The Morgan fingerprint density at radius 1 is 1.09 bits per heavy atom. The number of allylic oxidation sites excluding steroid dienone is 3. The molecule has 5 aliphatic rings. The summed E-state index contributed by atoms with van der Waals surface area (Å²) in [4.78, 5) is 11.5. The molecule has 0 aromatic rings. The van der Waals surface area contributed by atoms with E-state index in [9.17, 15) is 9.90 Å². The smallest absolute Gasteiger partial charge is 0.331 e.